The van der Waals surface area contributed by atoms with E-state index < -0.39 is 10.0 Å². The molecule has 0 radical (unpaired) electrons. The number of hydrogen-bond donors (Lipinski definition) is 1. The highest BCUT2D eigenvalue weighted by Gasteiger charge is 2.28. The summed E-state index contributed by atoms with van der Waals surface area (Å²) < 4.78 is 25.6. The number of fused-ring (bicyclic) bond motifs is 1. The summed E-state index contributed by atoms with van der Waals surface area (Å²) in [6.45, 7) is 3.46. The molecule has 1 N–H and O–H groups in total. The van der Waals surface area contributed by atoms with Crippen LogP contribution in [0.4, 0.5) is 5.82 Å². The molecule has 7 heteroatoms. The van der Waals surface area contributed by atoms with Crippen LogP contribution in [0.1, 0.15) is 31.2 Å². The fourth-order valence-electron chi connectivity index (χ4n) is 3.67. The maximum atomic E-state index is 12.0. The molecular weight excluding hydrogens is 366 g/mol. The highest BCUT2D eigenvalue weighted by molar-refractivity contribution is 7.98. The van der Waals surface area contributed by atoms with Crippen molar-refractivity contribution in [3.05, 3.63) is 29.8 Å². The molecule has 5 nitrogen and oxygen atoms in total. The number of sulfonamides is 1. The van der Waals surface area contributed by atoms with Gasteiger partial charge in [0.15, 0.2) is 0 Å². The molecule has 0 aliphatic carbocycles. The van der Waals surface area contributed by atoms with Crippen LogP contribution in [0, 0.1) is 6.92 Å². The molecule has 1 saturated heterocycles. The van der Waals surface area contributed by atoms with E-state index >= 15 is 0 Å². The van der Waals surface area contributed by atoms with Crippen LogP contribution in [0.3, 0.4) is 0 Å². The van der Waals surface area contributed by atoms with E-state index in [4.69, 9.17) is 4.98 Å². The summed E-state index contributed by atoms with van der Waals surface area (Å²) in [5.74, 6) is 0.856. The Labute approximate surface area is 160 Å². The van der Waals surface area contributed by atoms with E-state index in [0.29, 0.717) is 6.54 Å². The molecule has 1 fully saturated rings. The Kier molecular flexibility index (Phi) is 6.10. The number of rotatable bonds is 6. The molecule has 1 aromatic carbocycles. The van der Waals surface area contributed by atoms with E-state index in [1.165, 1.54) is 22.1 Å². The predicted octanol–water partition coefficient (Wildman–Crippen LogP) is 3.88. The average Bonchev–Trinajstić information content (AvgIpc) is 2.61. The van der Waals surface area contributed by atoms with Gasteiger partial charge >= 0.3 is 0 Å². The second-order valence-corrected chi connectivity index (χ2v) is 9.76. The van der Waals surface area contributed by atoms with Gasteiger partial charge < -0.3 is 5.32 Å². The van der Waals surface area contributed by atoms with Crippen LogP contribution in [-0.2, 0) is 10.0 Å². The third-order valence-electron chi connectivity index (χ3n) is 5.01. The molecule has 0 amide bonds. The number of piperidine rings is 1. The van der Waals surface area contributed by atoms with Crippen LogP contribution < -0.4 is 5.32 Å². The topological polar surface area (TPSA) is 62.3 Å². The second kappa shape index (κ2) is 8.15. The maximum Gasteiger partial charge on any atom is 0.211 e. The monoisotopic (exact) mass is 393 g/mol. The Bertz CT molecular complexity index is 884. The minimum absolute atomic E-state index is 0.0934. The van der Waals surface area contributed by atoms with Crippen molar-refractivity contribution in [2.24, 2.45) is 0 Å². The smallest absolute Gasteiger partial charge is 0.211 e. The lowest BCUT2D eigenvalue weighted by Gasteiger charge is -2.33. The molecule has 26 heavy (non-hydrogen) atoms. The normalized spacial score (nSPS) is 19.0. The van der Waals surface area contributed by atoms with E-state index in [9.17, 15) is 8.42 Å². The number of nitrogens with one attached hydrogen (secondary N) is 1. The van der Waals surface area contributed by atoms with Gasteiger partial charge in [0.1, 0.15) is 5.82 Å². The predicted molar refractivity (Wildman–Crippen MR) is 111 cm³/mol. The highest BCUT2D eigenvalue weighted by Crippen LogP contribution is 2.26. The molecule has 0 saturated carbocycles. The standard InChI is InChI=1S/C19H27N3O2S2/c1-14-12-19(21-18-13-16(25-2)7-8-17(14)18)20-10-9-15-6-4-5-11-22(15)26(3,23)24/h7-8,12-13,15H,4-6,9-11H2,1-3H3,(H,20,21). The summed E-state index contributed by atoms with van der Waals surface area (Å²) in [5, 5.41) is 4.57. The Balaban J connectivity index is 1.69. The van der Waals surface area contributed by atoms with Crippen molar-refractivity contribution in [1.82, 2.24) is 9.29 Å². The number of anilines is 1. The summed E-state index contributed by atoms with van der Waals surface area (Å²) in [6.07, 6.45) is 7.18. The van der Waals surface area contributed by atoms with Crippen molar-refractivity contribution in [2.45, 2.75) is 43.5 Å². The SMILES string of the molecule is CSc1ccc2c(C)cc(NCCC3CCCCN3S(C)(=O)=O)nc2c1. The number of benzene rings is 1. The molecule has 1 atom stereocenters. The van der Waals surface area contributed by atoms with Gasteiger partial charge in [-0.05, 0) is 56.2 Å². The summed E-state index contributed by atoms with van der Waals surface area (Å²) in [5.41, 5.74) is 2.19. The number of hydrogen-bond acceptors (Lipinski definition) is 5. The first-order valence-electron chi connectivity index (χ1n) is 9.04. The Morgan fingerprint density at radius 1 is 1.31 bits per heavy atom. The molecule has 2 aromatic rings. The Morgan fingerprint density at radius 2 is 2.12 bits per heavy atom. The average molecular weight is 394 g/mol. The zero-order valence-electron chi connectivity index (χ0n) is 15.7. The lowest BCUT2D eigenvalue weighted by Crippen LogP contribution is -2.43. The van der Waals surface area contributed by atoms with Crippen molar-refractivity contribution in [2.75, 3.05) is 30.9 Å². The third-order valence-corrected chi connectivity index (χ3v) is 7.06. The van der Waals surface area contributed by atoms with Crippen molar-refractivity contribution in [3.63, 3.8) is 0 Å². The minimum Gasteiger partial charge on any atom is -0.370 e. The molecule has 1 aliphatic rings. The number of aryl methyl sites for hydroxylation is 1. The van der Waals surface area contributed by atoms with E-state index in [2.05, 4.69) is 42.8 Å². The quantitative estimate of drug-likeness (QED) is 0.755. The molecule has 1 aromatic heterocycles. The molecular formula is C19H27N3O2S2. The van der Waals surface area contributed by atoms with Gasteiger partial charge in [0.25, 0.3) is 0 Å². The number of pyridine rings is 1. The number of nitrogens with zero attached hydrogens (tertiary/aromatic N) is 2. The van der Waals surface area contributed by atoms with E-state index in [0.717, 1.165) is 43.6 Å². The van der Waals surface area contributed by atoms with Crippen molar-refractivity contribution in [1.29, 1.82) is 0 Å². The third kappa shape index (κ3) is 4.50. The van der Waals surface area contributed by atoms with E-state index in [1.54, 1.807) is 16.1 Å². The van der Waals surface area contributed by atoms with Crippen LogP contribution in [0.25, 0.3) is 10.9 Å². The van der Waals surface area contributed by atoms with Gasteiger partial charge in [0.05, 0.1) is 11.8 Å². The first kappa shape index (κ1) is 19.5. The minimum atomic E-state index is -3.13. The Hall–Kier alpha value is -1.31. The Morgan fingerprint density at radius 3 is 2.85 bits per heavy atom. The fraction of sp³-hybridized carbons (Fsp3) is 0.526. The van der Waals surface area contributed by atoms with Gasteiger partial charge in [-0.1, -0.05) is 12.5 Å². The molecule has 3 rings (SSSR count). The van der Waals surface area contributed by atoms with E-state index in [-0.39, 0.29) is 6.04 Å². The van der Waals surface area contributed by atoms with Crippen molar-refractivity contribution in [3.8, 4) is 0 Å². The van der Waals surface area contributed by atoms with Crippen LogP contribution in [0.5, 0.6) is 0 Å². The van der Waals surface area contributed by atoms with Crippen LogP contribution >= 0.6 is 11.8 Å². The first-order valence-corrected chi connectivity index (χ1v) is 12.1. The zero-order valence-corrected chi connectivity index (χ0v) is 17.3. The number of thioether (sulfide) groups is 1. The van der Waals surface area contributed by atoms with Crippen LogP contribution in [-0.4, -0.2) is 49.3 Å². The van der Waals surface area contributed by atoms with E-state index in [1.807, 2.05) is 0 Å². The highest BCUT2D eigenvalue weighted by atomic mass is 32.2. The molecule has 2 heterocycles. The molecule has 0 spiro atoms. The van der Waals surface area contributed by atoms with Crippen LogP contribution in [0.15, 0.2) is 29.2 Å². The van der Waals surface area contributed by atoms with Gasteiger partial charge in [-0.2, -0.15) is 4.31 Å². The summed E-state index contributed by atoms with van der Waals surface area (Å²) in [4.78, 5) is 5.94. The van der Waals surface area contributed by atoms with Gasteiger partial charge in [0, 0.05) is 29.4 Å². The van der Waals surface area contributed by atoms with Crippen molar-refractivity contribution < 1.29 is 8.42 Å². The number of aromatic nitrogens is 1. The fourth-order valence-corrected chi connectivity index (χ4v) is 5.31. The van der Waals surface area contributed by atoms with Gasteiger partial charge in [-0.25, -0.2) is 13.4 Å². The van der Waals surface area contributed by atoms with Crippen molar-refractivity contribution >= 4 is 38.5 Å². The second-order valence-electron chi connectivity index (χ2n) is 6.95. The zero-order chi connectivity index (χ0) is 18.7. The summed E-state index contributed by atoms with van der Waals surface area (Å²) >= 11 is 1.71. The maximum absolute atomic E-state index is 12.0. The first-order chi connectivity index (χ1) is 12.4. The molecule has 1 unspecified atom stereocenters. The molecule has 0 bridgehead atoms. The molecule has 1 aliphatic heterocycles. The van der Waals surface area contributed by atoms with Gasteiger partial charge in [0.2, 0.25) is 10.0 Å². The van der Waals surface area contributed by atoms with Gasteiger partial charge in [-0.3, -0.25) is 0 Å². The lowest BCUT2D eigenvalue weighted by molar-refractivity contribution is 0.246. The van der Waals surface area contributed by atoms with Crippen LogP contribution in [0.2, 0.25) is 0 Å². The molecule has 142 valence electrons. The largest absolute Gasteiger partial charge is 0.370 e. The van der Waals surface area contributed by atoms with Gasteiger partial charge in [-0.15, -0.1) is 11.8 Å². The lowest BCUT2D eigenvalue weighted by atomic mass is 10.0. The summed E-state index contributed by atoms with van der Waals surface area (Å²) in [7, 11) is -3.13. The summed E-state index contributed by atoms with van der Waals surface area (Å²) in [6, 6.07) is 8.52.